The Bertz CT molecular complexity index is 1640. The fourth-order valence-electron chi connectivity index (χ4n) is 6.33. The van der Waals surface area contributed by atoms with Crippen molar-refractivity contribution < 1.29 is 63.0 Å². The van der Waals surface area contributed by atoms with Gasteiger partial charge in [0.05, 0.1) is 19.3 Å². The van der Waals surface area contributed by atoms with Crippen LogP contribution in [0.3, 0.4) is 0 Å². The van der Waals surface area contributed by atoms with Crippen LogP contribution in [0.15, 0.2) is 0 Å². The van der Waals surface area contributed by atoms with Crippen molar-refractivity contribution in [3.8, 4) is 0 Å². The van der Waals surface area contributed by atoms with Gasteiger partial charge in [-0.15, -0.1) is 0 Å². The summed E-state index contributed by atoms with van der Waals surface area (Å²) in [5, 5.41) is 38.6. The van der Waals surface area contributed by atoms with Crippen molar-refractivity contribution in [2.45, 2.75) is 155 Å². The van der Waals surface area contributed by atoms with E-state index in [1.807, 2.05) is 0 Å². The topological polar surface area (TPSA) is 377 Å². The van der Waals surface area contributed by atoms with Crippen LogP contribution in [0.5, 0.6) is 0 Å². The summed E-state index contributed by atoms with van der Waals surface area (Å²) in [7, 11) is 0. The molecule has 0 unspecified atom stereocenters. The second-order valence-electron chi connectivity index (χ2n) is 16.4. The molecular formula is C39H66N10O13. The van der Waals surface area contributed by atoms with Gasteiger partial charge in [0, 0.05) is 0 Å². The number of carbonyl (C=O) groups is 11. The minimum Gasteiger partial charge on any atom is -0.481 e. The van der Waals surface area contributed by atoms with E-state index in [0.29, 0.717) is 19.3 Å². The lowest BCUT2D eigenvalue weighted by atomic mass is 9.96. The van der Waals surface area contributed by atoms with Crippen molar-refractivity contribution in [3.63, 3.8) is 0 Å². The highest BCUT2D eigenvalue weighted by atomic mass is 16.4. The zero-order valence-corrected chi connectivity index (χ0v) is 36.5. The van der Waals surface area contributed by atoms with Crippen LogP contribution >= 0.6 is 0 Å². The van der Waals surface area contributed by atoms with Crippen LogP contribution in [-0.4, -0.2) is 130 Å². The summed E-state index contributed by atoms with van der Waals surface area (Å²) in [5.74, 6) is -13.5. The zero-order chi connectivity index (χ0) is 47.4. The van der Waals surface area contributed by atoms with E-state index in [1.165, 1.54) is 6.92 Å². The van der Waals surface area contributed by atoms with Gasteiger partial charge in [-0.05, 0) is 63.3 Å². The molecule has 23 nitrogen and oxygen atoms in total. The Labute approximate surface area is 360 Å². The van der Waals surface area contributed by atoms with E-state index in [0.717, 1.165) is 0 Å². The number of aliphatic carboxylic acids is 2. The molecule has 9 amide bonds. The predicted molar refractivity (Wildman–Crippen MR) is 221 cm³/mol. The van der Waals surface area contributed by atoms with Crippen LogP contribution in [0.1, 0.15) is 106 Å². The predicted octanol–water partition coefficient (Wildman–Crippen LogP) is -3.01. The highest BCUT2D eigenvalue weighted by Gasteiger charge is 2.37. The van der Waals surface area contributed by atoms with Crippen molar-refractivity contribution in [1.82, 2.24) is 42.5 Å². The van der Waals surface area contributed by atoms with Crippen LogP contribution in [0, 0.1) is 17.8 Å². The van der Waals surface area contributed by atoms with Gasteiger partial charge in [0.15, 0.2) is 0 Å². The average molecular weight is 883 g/mol. The molecule has 23 heteroatoms. The van der Waals surface area contributed by atoms with Gasteiger partial charge >= 0.3 is 11.9 Å². The Morgan fingerprint density at radius 2 is 0.903 bits per heavy atom. The number of hydrogen-bond acceptors (Lipinski definition) is 12. The Morgan fingerprint density at radius 1 is 0.532 bits per heavy atom. The van der Waals surface area contributed by atoms with Gasteiger partial charge in [0.2, 0.25) is 53.2 Å². The van der Waals surface area contributed by atoms with Gasteiger partial charge in [0.1, 0.15) is 48.3 Å². The number of carboxylic acids is 2. The molecule has 9 atom stereocenters. The molecule has 1 saturated heterocycles. The normalized spacial score (nSPS) is 26.0. The van der Waals surface area contributed by atoms with Crippen molar-refractivity contribution in [3.05, 3.63) is 0 Å². The third kappa shape index (κ3) is 19.2. The summed E-state index contributed by atoms with van der Waals surface area (Å²) in [6.07, 6.45) is -1.84. The Hall–Kier alpha value is -5.87. The highest BCUT2D eigenvalue weighted by molar-refractivity contribution is 6.00. The lowest BCUT2D eigenvalue weighted by Gasteiger charge is -2.30. The molecule has 0 aromatic heterocycles. The number of nitrogens with one attached hydrogen (secondary N) is 8. The third-order valence-corrected chi connectivity index (χ3v) is 9.87. The molecule has 1 aliphatic rings. The van der Waals surface area contributed by atoms with Crippen LogP contribution in [-0.2, 0) is 52.7 Å². The largest absolute Gasteiger partial charge is 0.481 e. The number of primary amides is 1. The molecule has 1 heterocycles. The zero-order valence-electron chi connectivity index (χ0n) is 36.5. The molecule has 0 bridgehead atoms. The number of hydrogen-bond donors (Lipinski definition) is 12. The SMILES string of the molecule is CC[C@H](C)[C@@H]1NC(=O)[C@H](CCCCN)NC(=O)[C@H](CC(C)C)NC(=O)[C@H](C)NC(=O)[C@H](CC(=O)O)NC(=O)[C@H](CC(C)C)NC(=O)[C@H](CC(N)=O)NC(=O)[C@H](CC(=O)O)NC1=O. The van der Waals surface area contributed by atoms with Crippen molar-refractivity contribution in [1.29, 1.82) is 0 Å². The maximum Gasteiger partial charge on any atom is 0.305 e. The summed E-state index contributed by atoms with van der Waals surface area (Å²) < 4.78 is 0. The molecule has 0 radical (unpaired) electrons. The number of carboxylic acid groups (broad SMARTS) is 2. The van der Waals surface area contributed by atoms with Gasteiger partial charge in [0.25, 0.3) is 0 Å². The molecular weight excluding hydrogens is 816 g/mol. The first-order chi connectivity index (χ1) is 28.9. The van der Waals surface area contributed by atoms with Gasteiger partial charge in [-0.2, -0.15) is 0 Å². The second-order valence-corrected chi connectivity index (χ2v) is 16.4. The van der Waals surface area contributed by atoms with Crippen molar-refractivity contribution in [2.75, 3.05) is 6.54 Å². The maximum absolute atomic E-state index is 13.9. The van der Waals surface area contributed by atoms with Gasteiger partial charge < -0.3 is 64.2 Å². The molecule has 1 aliphatic heterocycles. The standard InChI is InChI=1S/C39H66N10O13/c1-8-20(6)31-39(62)48-27(17-30(53)54)38(61)46-25(15-28(41)50)37(60)45-24(14-19(4)5)36(59)47-26(16-29(51)52)34(57)42-21(7)32(55)44-23(13-18(2)3)35(58)43-22(33(56)49-31)11-9-10-12-40/h18-27,31H,8-17,40H2,1-7H3,(H2,41,50)(H,42,57)(H,43,58)(H,44,55)(H,45,60)(H,46,61)(H,47,59)(H,48,62)(H,49,56)(H,51,52)(H,53,54)/t20-,21-,22-,23-,24-,25-,26-,27-,31-/m0/s1. The smallest absolute Gasteiger partial charge is 0.305 e. The molecule has 14 N–H and O–H groups in total. The van der Waals surface area contributed by atoms with Gasteiger partial charge in [-0.1, -0.05) is 48.0 Å². The quantitative estimate of drug-likeness (QED) is 0.0688. The van der Waals surface area contributed by atoms with E-state index >= 15 is 0 Å². The summed E-state index contributed by atoms with van der Waals surface area (Å²) in [4.78, 5) is 145. The lowest BCUT2D eigenvalue weighted by Crippen LogP contribution is -2.62. The fourth-order valence-corrected chi connectivity index (χ4v) is 6.33. The van der Waals surface area contributed by atoms with E-state index in [1.54, 1.807) is 41.5 Å². The van der Waals surface area contributed by atoms with Crippen LogP contribution in [0.4, 0.5) is 0 Å². The van der Waals surface area contributed by atoms with Gasteiger partial charge in [-0.3, -0.25) is 52.7 Å². The molecule has 350 valence electrons. The fraction of sp³-hybridized carbons (Fsp3) is 0.718. The van der Waals surface area contributed by atoms with E-state index < -0.39 is 139 Å². The number of amides is 9. The summed E-state index contributed by atoms with van der Waals surface area (Å²) in [6, 6.07) is -12.5. The molecule has 0 aromatic rings. The first kappa shape index (κ1) is 54.1. The Morgan fingerprint density at radius 3 is 1.32 bits per heavy atom. The molecule has 1 fully saturated rings. The first-order valence-electron chi connectivity index (χ1n) is 20.7. The molecule has 0 aliphatic carbocycles. The summed E-state index contributed by atoms with van der Waals surface area (Å²) >= 11 is 0. The third-order valence-electron chi connectivity index (χ3n) is 9.87. The molecule has 0 spiro atoms. The second kappa shape index (κ2) is 26.5. The monoisotopic (exact) mass is 882 g/mol. The summed E-state index contributed by atoms with van der Waals surface area (Å²) in [5.41, 5.74) is 11.0. The van der Waals surface area contributed by atoms with Crippen molar-refractivity contribution in [2.24, 2.45) is 29.2 Å². The number of rotatable bonds is 16. The highest BCUT2D eigenvalue weighted by Crippen LogP contribution is 2.13. The van der Waals surface area contributed by atoms with E-state index in [-0.39, 0.29) is 37.6 Å². The van der Waals surface area contributed by atoms with E-state index in [9.17, 15) is 63.0 Å². The minimum absolute atomic E-state index is 0.0283. The average Bonchev–Trinajstić information content (AvgIpc) is 3.16. The summed E-state index contributed by atoms with van der Waals surface area (Å²) in [6.45, 7) is 11.7. The number of carbonyl (C=O) groups excluding carboxylic acids is 9. The minimum atomic E-state index is -1.90. The van der Waals surface area contributed by atoms with E-state index in [2.05, 4.69) is 42.5 Å². The molecule has 1 rings (SSSR count). The number of unbranched alkanes of at least 4 members (excludes halogenated alkanes) is 1. The molecule has 0 saturated carbocycles. The first-order valence-corrected chi connectivity index (χ1v) is 20.7. The van der Waals surface area contributed by atoms with Crippen LogP contribution < -0.4 is 54.0 Å². The molecule has 0 aromatic carbocycles. The maximum atomic E-state index is 13.9. The van der Waals surface area contributed by atoms with Crippen LogP contribution in [0.25, 0.3) is 0 Å². The van der Waals surface area contributed by atoms with Gasteiger partial charge in [-0.25, -0.2) is 0 Å². The number of nitrogens with two attached hydrogens (primary N) is 2. The van der Waals surface area contributed by atoms with Crippen molar-refractivity contribution >= 4 is 65.1 Å². The lowest BCUT2D eigenvalue weighted by molar-refractivity contribution is -0.142. The Balaban J connectivity index is 3.96. The van der Waals surface area contributed by atoms with Crippen LogP contribution in [0.2, 0.25) is 0 Å². The molecule has 62 heavy (non-hydrogen) atoms. The van der Waals surface area contributed by atoms with E-state index in [4.69, 9.17) is 11.5 Å². The Kier molecular flexibility index (Phi) is 23.1.